The molecule has 216 valence electrons. The molecule has 43 heavy (non-hydrogen) atoms. The quantitative estimate of drug-likeness (QED) is 0.182. The highest BCUT2D eigenvalue weighted by Crippen LogP contribution is 2.42. The molecule has 0 bridgehead atoms. The van der Waals surface area contributed by atoms with Crippen LogP contribution in [0.15, 0.2) is 97.1 Å². The van der Waals surface area contributed by atoms with Crippen LogP contribution < -0.4 is 4.74 Å². The van der Waals surface area contributed by atoms with Crippen LogP contribution in [0.1, 0.15) is 16.7 Å². The minimum Gasteiger partial charge on any atom is -0.489 e. The monoisotopic (exact) mass is 637 g/mol. The molecule has 0 fully saturated rings. The molecule has 0 atom stereocenters. The Morgan fingerprint density at radius 1 is 0.767 bits per heavy atom. The third-order valence-electron chi connectivity index (χ3n) is 6.88. The largest absolute Gasteiger partial charge is 0.489 e. The average Bonchev–Trinajstić information content (AvgIpc) is 3.37. The zero-order valence-corrected chi connectivity index (χ0v) is 24.7. The lowest BCUT2D eigenvalue weighted by molar-refractivity contribution is -0.136. The lowest BCUT2D eigenvalue weighted by Crippen LogP contribution is -2.08. The summed E-state index contributed by atoms with van der Waals surface area (Å²) in [6.07, 6.45) is -4.68. The van der Waals surface area contributed by atoms with Crippen molar-refractivity contribution in [1.29, 1.82) is 0 Å². The molecule has 0 amide bonds. The smallest absolute Gasteiger partial charge is 0.417 e. The Hall–Kier alpha value is -4.04. The number of alkyl halides is 3. The minimum absolute atomic E-state index is 0.0820. The SMILES string of the molecule is Cc1ccc(-n2nc(-c3ccc(Cl)cc3)c3c(C(F)(F)F)cc(-c4ccc(OCc5ccc(Cl)c(Cl)c5)cc4)nc32)cc1. The Bertz CT molecular complexity index is 1940. The third-order valence-corrected chi connectivity index (χ3v) is 7.87. The topological polar surface area (TPSA) is 39.9 Å². The van der Waals surface area contributed by atoms with Gasteiger partial charge in [0.25, 0.3) is 0 Å². The van der Waals surface area contributed by atoms with Gasteiger partial charge in [-0.15, -0.1) is 0 Å². The van der Waals surface area contributed by atoms with E-state index in [0.29, 0.717) is 37.6 Å². The van der Waals surface area contributed by atoms with Gasteiger partial charge in [-0.05, 0) is 79.2 Å². The van der Waals surface area contributed by atoms with E-state index >= 15 is 0 Å². The number of aromatic nitrogens is 3. The van der Waals surface area contributed by atoms with Crippen LogP contribution in [0.2, 0.25) is 15.1 Å². The number of pyridine rings is 1. The van der Waals surface area contributed by atoms with Crippen molar-refractivity contribution < 1.29 is 17.9 Å². The molecule has 0 saturated carbocycles. The Kier molecular flexibility index (Phi) is 7.81. The van der Waals surface area contributed by atoms with Gasteiger partial charge in [0.15, 0.2) is 5.65 Å². The van der Waals surface area contributed by atoms with E-state index in [1.807, 2.05) is 19.1 Å². The van der Waals surface area contributed by atoms with E-state index in [-0.39, 0.29) is 29.0 Å². The zero-order chi connectivity index (χ0) is 30.3. The molecule has 0 unspecified atom stereocenters. The molecular formula is C33H21Cl3F3N3O. The van der Waals surface area contributed by atoms with Gasteiger partial charge >= 0.3 is 6.18 Å². The number of nitrogens with zero attached hydrogens (tertiary/aromatic N) is 3. The van der Waals surface area contributed by atoms with Crippen LogP contribution in [0.4, 0.5) is 13.2 Å². The zero-order valence-electron chi connectivity index (χ0n) is 22.5. The van der Waals surface area contributed by atoms with Gasteiger partial charge in [-0.3, -0.25) is 0 Å². The van der Waals surface area contributed by atoms with E-state index in [1.165, 1.54) is 4.68 Å². The fourth-order valence-electron chi connectivity index (χ4n) is 4.68. The molecule has 0 spiro atoms. The number of fused-ring (bicyclic) bond motifs is 1. The molecule has 0 radical (unpaired) electrons. The lowest BCUT2D eigenvalue weighted by Gasteiger charge is -2.13. The third kappa shape index (κ3) is 6.07. The van der Waals surface area contributed by atoms with Crippen LogP contribution in [0.3, 0.4) is 0 Å². The molecule has 0 aliphatic rings. The van der Waals surface area contributed by atoms with Gasteiger partial charge in [-0.25, -0.2) is 9.67 Å². The Morgan fingerprint density at radius 2 is 1.44 bits per heavy atom. The van der Waals surface area contributed by atoms with E-state index in [0.717, 1.165) is 17.2 Å². The minimum atomic E-state index is -4.68. The Labute approximate surface area is 260 Å². The number of ether oxygens (including phenoxy) is 1. The number of hydrogen-bond donors (Lipinski definition) is 0. The van der Waals surface area contributed by atoms with E-state index in [9.17, 15) is 13.2 Å². The molecule has 6 aromatic rings. The maximum atomic E-state index is 14.7. The van der Waals surface area contributed by atoms with E-state index < -0.39 is 11.7 Å². The maximum absolute atomic E-state index is 14.7. The summed E-state index contributed by atoms with van der Waals surface area (Å²) in [5.41, 5.74) is 2.93. The van der Waals surface area contributed by atoms with Crippen molar-refractivity contribution in [2.45, 2.75) is 19.7 Å². The van der Waals surface area contributed by atoms with Gasteiger partial charge in [0.2, 0.25) is 0 Å². The first-order valence-corrected chi connectivity index (χ1v) is 14.2. The van der Waals surface area contributed by atoms with Gasteiger partial charge in [-0.2, -0.15) is 18.3 Å². The van der Waals surface area contributed by atoms with Gasteiger partial charge in [-0.1, -0.05) is 70.7 Å². The predicted molar refractivity (Wildman–Crippen MR) is 165 cm³/mol. The second kappa shape index (κ2) is 11.6. The first-order chi connectivity index (χ1) is 20.6. The first-order valence-electron chi connectivity index (χ1n) is 13.1. The molecule has 0 N–H and O–H groups in total. The summed E-state index contributed by atoms with van der Waals surface area (Å²) < 4.78 is 51.4. The van der Waals surface area contributed by atoms with Gasteiger partial charge in [0, 0.05) is 16.1 Å². The van der Waals surface area contributed by atoms with Crippen molar-refractivity contribution in [2.75, 3.05) is 0 Å². The van der Waals surface area contributed by atoms with E-state index in [4.69, 9.17) is 44.5 Å². The van der Waals surface area contributed by atoms with Crippen molar-refractivity contribution in [3.63, 3.8) is 0 Å². The summed E-state index contributed by atoms with van der Waals surface area (Å²) in [7, 11) is 0. The van der Waals surface area contributed by atoms with Crippen LogP contribution in [0.5, 0.6) is 5.75 Å². The van der Waals surface area contributed by atoms with Crippen LogP contribution in [-0.2, 0) is 12.8 Å². The van der Waals surface area contributed by atoms with Crippen LogP contribution in [0.25, 0.3) is 39.2 Å². The van der Waals surface area contributed by atoms with E-state index in [1.54, 1.807) is 78.9 Å². The Balaban J connectivity index is 1.45. The number of halogens is 6. The molecule has 6 rings (SSSR count). The maximum Gasteiger partial charge on any atom is 0.417 e. The normalized spacial score (nSPS) is 11.7. The number of rotatable bonds is 6. The molecule has 4 aromatic carbocycles. The number of aryl methyl sites for hydroxylation is 1. The molecule has 0 aliphatic carbocycles. The summed E-state index contributed by atoms with van der Waals surface area (Å²) in [4.78, 5) is 4.73. The van der Waals surface area contributed by atoms with Crippen LogP contribution >= 0.6 is 34.8 Å². The van der Waals surface area contributed by atoms with Crippen LogP contribution in [0, 0.1) is 6.92 Å². The summed E-state index contributed by atoms with van der Waals surface area (Å²) in [5, 5.41) is 5.88. The van der Waals surface area contributed by atoms with Crippen molar-refractivity contribution in [3.05, 3.63) is 129 Å². The molecule has 0 saturated heterocycles. The second-order valence-electron chi connectivity index (χ2n) is 9.92. The summed E-state index contributed by atoms with van der Waals surface area (Å²) in [5.74, 6) is 0.529. The second-order valence-corrected chi connectivity index (χ2v) is 11.2. The molecular weight excluding hydrogens is 618 g/mol. The van der Waals surface area contributed by atoms with Gasteiger partial charge < -0.3 is 4.74 Å². The number of hydrogen-bond acceptors (Lipinski definition) is 3. The van der Waals surface area contributed by atoms with Gasteiger partial charge in [0.1, 0.15) is 18.1 Å². The lowest BCUT2D eigenvalue weighted by atomic mass is 10.0. The van der Waals surface area contributed by atoms with Crippen molar-refractivity contribution in [3.8, 4) is 34.0 Å². The molecule has 4 nitrogen and oxygen atoms in total. The first kappa shape index (κ1) is 29.1. The Morgan fingerprint density at radius 3 is 2.09 bits per heavy atom. The standard InChI is InChI=1S/C33H21Cl3F3N3O/c1-19-2-11-24(12-3-19)42-32-30(31(41-42)22-5-9-23(34)10-6-22)26(33(37,38)39)17-29(40-32)21-7-13-25(14-8-21)43-18-20-4-15-27(35)28(36)16-20/h2-17H,18H2,1H3. The summed E-state index contributed by atoms with van der Waals surface area (Å²) in [6.45, 7) is 2.17. The molecule has 10 heteroatoms. The van der Waals surface area contributed by atoms with E-state index in [2.05, 4.69) is 5.10 Å². The highest BCUT2D eigenvalue weighted by molar-refractivity contribution is 6.42. The predicted octanol–water partition coefficient (Wildman–Crippen LogP) is 10.6. The van der Waals surface area contributed by atoms with Crippen molar-refractivity contribution in [1.82, 2.24) is 14.8 Å². The van der Waals surface area contributed by atoms with Gasteiger partial charge in [0.05, 0.1) is 32.4 Å². The summed E-state index contributed by atoms with van der Waals surface area (Å²) >= 11 is 18.1. The fourth-order valence-corrected chi connectivity index (χ4v) is 5.13. The highest BCUT2D eigenvalue weighted by atomic mass is 35.5. The molecule has 0 aliphatic heterocycles. The van der Waals surface area contributed by atoms with Crippen molar-refractivity contribution in [2.24, 2.45) is 0 Å². The summed E-state index contributed by atoms with van der Waals surface area (Å²) in [6, 6.07) is 26.9. The van der Waals surface area contributed by atoms with Crippen LogP contribution in [-0.4, -0.2) is 14.8 Å². The fraction of sp³-hybridized carbons (Fsp3) is 0.0909. The molecule has 2 heterocycles. The van der Waals surface area contributed by atoms with Crippen molar-refractivity contribution >= 4 is 45.8 Å². The highest BCUT2D eigenvalue weighted by Gasteiger charge is 2.36. The average molecular weight is 639 g/mol. The number of benzene rings is 4. The molecule has 2 aromatic heterocycles.